The molecule has 4 unspecified atom stereocenters. The van der Waals surface area contributed by atoms with E-state index >= 15 is 0 Å². The minimum absolute atomic E-state index is 0.286. The largest absolute Gasteiger partial charge is 0.329 e. The minimum Gasteiger partial charge on any atom is -0.329 e. The van der Waals surface area contributed by atoms with Gasteiger partial charge in [0.25, 0.3) is 0 Å². The van der Waals surface area contributed by atoms with Crippen LogP contribution in [0.5, 0.6) is 0 Å². The smallest absolute Gasteiger partial charge is 0.0334 e. The van der Waals surface area contributed by atoms with E-state index in [2.05, 4.69) is 32.7 Å². The summed E-state index contributed by atoms with van der Waals surface area (Å²) < 4.78 is 0. The number of rotatable bonds is 5. The molecule has 0 aliphatic heterocycles. The van der Waals surface area contributed by atoms with Crippen LogP contribution in [0.25, 0.3) is 0 Å². The third-order valence-corrected chi connectivity index (χ3v) is 6.42. The van der Waals surface area contributed by atoms with Gasteiger partial charge in [-0.15, -0.1) is 0 Å². The summed E-state index contributed by atoms with van der Waals surface area (Å²) in [6.45, 7) is 8.04. The number of hydrogen-bond acceptors (Lipinski definition) is 2. The Hall–Kier alpha value is -0.0800. The second-order valence-electron chi connectivity index (χ2n) is 8.46. The van der Waals surface area contributed by atoms with Gasteiger partial charge in [0, 0.05) is 18.1 Å². The highest BCUT2D eigenvalue weighted by Gasteiger charge is 2.42. The summed E-state index contributed by atoms with van der Waals surface area (Å²) in [5.74, 6) is 2.56. The van der Waals surface area contributed by atoms with E-state index in [0.29, 0.717) is 0 Å². The van der Waals surface area contributed by atoms with Crippen LogP contribution in [0.1, 0.15) is 78.6 Å². The van der Waals surface area contributed by atoms with Gasteiger partial charge in [-0.2, -0.15) is 0 Å². The van der Waals surface area contributed by atoms with Crippen LogP contribution in [0.2, 0.25) is 0 Å². The highest BCUT2D eigenvalue weighted by Crippen LogP contribution is 2.41. The van der Waals surface area contributed by atoms with Crippen molar-refractivity contribution < 1.29 is 0 Å². The number of hydrogen-bond donors (Lipinski definition) is 1. The monoisotopic (exact) mass is 294 g/mol. The van der Waals surface area contributed by atoms with Gasteiger partial charge in [-0.25, -0.2) is 0 Å². The molecular weight excluding hydrogens is 256 g/mol. The van der Waals surface area contributed by atoms with Crippen molar-refractivity contribution in [3.8, 4) is 0 Å². The zero-order valence-electron chi connectivity index (χ0n) is 14.9. The van der Waals surface area contributed by atoms with Gasteiger partial charge in [0.2, 0.25) is 0 Å². The molecule has 2 rings (SSSR count). The third kappa shape index (κ3) is 4.01. The summed E-state index contributed by atoms with van der Waals surface area (Å²) in [4.78, 5) is 2.74. The highest BCUT2D eigenvalue weighted by molar-refractivity contribution is 4.99. The fraction of sp³-hybridized carbons (Fsp3) is 1.00. The van der Waals surface area contributed by atoms with Gasteiger partial charge in [-0.3, -0.25) is 4.90 Å². The molecule has 4 atom stereocenters. The van der Waals surface area contributed by atoms with Crippen molar-refractivity contribution in [1.29, 1.82) is 0 Å². The lowest BCUT2D eigenvalue weighted by molar-refractivity contribution is -0.00921. The van der Waals surface area contributed by atoms with Crippen molar-refractivity contribution in [2.45, 2.75) is 90.1 Å². The predicted octanol–water partition coefficient (Wildman–Crippen LogP) is 4.43. The Kier molecular flexibility index (Phi) is 6.14. The molecule has 0 bridgehead atoms. The van der Waals surface area contributed by atoms with E-state index in [-0.39, 0.29) is 5.54 Å². The van der Waals surface area contributed by atoms with Gasteiger partial charge in [-0.05, 0) is 56.9 Å². The quantitative estimate of drug-likeness (QED) is 0.812. The molecule has 0 aromatic heterocycles. The lowest BCUT2D eigenvalue weighted by Crippen LogP contribution is -2.59. The fourth-order valence-electron chi connectivity index (χ4n) is 5.20. The van der Waals surface area contributed by atoms with E-state index in [1.807, 2.05) is 0 Å². The molecule has 0 amide bonds. The van der Waals surface area contributed by atoms with Gasteiger partial charge in [0.15, 0.2) is 0 Å². The van der Waals surface area contributed by atoms with Crippen LogP contribution >= 0.6 is 0 Å². The first-order valence-corrected chi connectivity index (χ1v) is 9.41. The van der Waals surface area contributed by atoms with Gasteiger partial charge in [0.1, 0.15) is 0 Å². The van der Waals surface area contributed by atoms with Crippen molar-refractivity contribution in [2.24, 2.45) is 23.5 Å². The zero-order valence-corrected chi connectivity index (χ0v) is 14.9. The van der Waals surface area contributed by atoms with Crippen LogP contribution in [0.4, 0.5) is 0 Å². The van der Waals surface area contributed by atoms with Crippen LogP contribution in [0.15, 0.2) is 0 Å². The van der Waals surface area contributed by atoms with Gasteiger partial charge >= 0.3 is 0 Å². The average molecular weight is 295 g/mol. The van der Waals surface area contributed by atoms with Crippen LogP contribution in [-0.4, -0.2) is 30.1 Å². The Bertz CT molecular complexity index is 315. The molecule has 2 aliphatic carbocycles. The molecular formula is C19H38N2. The van der Waals surface area contributed by atoms with E-state index in [1.165, 1.54) is 57.8 Å². The van der Waals surface area contributed by atoms with Crippen LogP contribution < -0.4 is 5.73 Å². The molecule has 0 radical (unpaired) electrons. The normalized spacial score (nSPS) is 38.1. The predicted molar refractivity (Wildman–Crippen MR) is 92.4 cm³/mol. The average Bonchev–Trinajstić information content (AvgIpc) is 2.46. The van der Waals surface area contributed by atoms with Crippen molar-refractivity contribution >= 4 is 0 Å². The molecule has 2 nitrogen and oxygen atoms in total. The van der Waals surface area contributed by atoms with Crippen molar-refractivity contribution in [3.63, 3.8) is 0 Å². The van der Waals surface area contributed by atoms with E-state index in [1.54, 1.807) is 0 Å². The molecule has 2 fully saturated rings. The maximum absolute atomic E-state index is 6.34. The molecule has 0 spiro atoms. The van der Waals surface area contributed by atoms with Crippen LogP contribution in [0, 0.1) is 17.8 Å². The zero-order chi connectivity index (χ0) is 15.5. The van der Waals surface area contributed by atoms with E-state index < -0.39 is 0 Å². The fourth-order valence-corrected chi connectivity index (χ4v) is 5.20. The Morgan fingerprint density at radius 2 is 1.86 bits per heavy atom. The molecule has 0 aromatic carbocycles. The Morgan fingerprint density at radius 1 is 1.14 bits per heavy atom. The third-order valence-electron chi connectivity index (χ3n) is 6.42. The summed E-state index contributed by atoms with van der Waals surface area (Å²) in [5, 5.41) is 0. The Labute approximate surface area is 132 Å². The maximum Gasteiger partial charge on any atom is 0.0334 e. The summed E-state index contributed by atoms with van der Waals surface area (Å²) in [6, 6.07) is 0.764. The lowest BCUT2D eigenvalue weighted by atomic mass is 9.70. The van der Waals surface area contributed by atoms with Crippen molar-refractivity contribution in [1.82, 2.24) is 4.90 Å². The first-order valence-electron chi connectivity index (χ1n) is 9.41. The summed E-state index contributed by atoms with van der Waals surface area (Å²) >= 11 is 0. The highest BCUT2D eigenvalue weighted by atomic mass is 15.2. The second-order valence-corrected chi connectivity index (χ2v) is 8.46. The second kappa shape index (κ2) is 7.46. The Morgan fingerprint density at radius 3 is 2.48 bits per heavy atom. The summed E-state index contributed by atoms with van der Waals surface area (Å²) in [6.07, 6.45) is 12.5. The standard InChI is InChI=1S/C19H38N2/c1-15(2)12-17-9-7-11-19(13-17,14-20)21(4)18-10-6-5-8-16(18)3/h15-18H,5-14,20H2,1-4H3. The SMILES string of the molecule is CC(C)CC1CCCC(CN)(N(C)C2CCCCC2C)C1. The molecule has 2 N–H and O–H groups in total. The van der Waals surface area contributed by atoms with Gasteiger partial charge in [0.05, 0.1) is 0 Å². The Balaban J connectivity index is 2.08. The molecule has 2 saturated carbocycles. The topological polar surface area (TPSA) is 29.3 Å². The van der Waals surface area contributed by atoms with E-state index in [9.17, 15) is 0 Å². The van der Waals surface area contributed by atoms with Crippen LogP contribution in [0.3, 0.4) is 0 Å². The molecule has 0 aromatic rings. The summed E-state index contributed by atoms with van der Waals surface area (Å²) in [7, 11) is 2.39. The first kappa shape index (κ1) is 17.3. The number of nitrogens with two attached hydrogens (primary N) is 1. The lowest BCUT2D eigenvalue weighted by Gasteiger charge is -2.52. The molecule has 2 aliphatic rings. The van der Waals surface area contributed by atoms with Crippen molar-refractivity contribution in [3.05, 3.63) is 0 Å². The molecule has 0 saturated heterocycles. The van der Waals surface area contributed by atoms with E-state index in [4.69, 9.17) is 5.73 Å². The number of likely N-dealkylation sites (N-methyl/N-ethyl adjacent to an activating group) is 1. The number of nitrogens with zero attached hydrogens (tertiary/aromatic N) is 1. The van der Waals surface area contributed by atoms with Crippen molar-refractivity contribution in [2.75, 3.05) is 13.6 Å². The minimum atomic E-state index is 0.286. The maximum atomic E-state index is 6.34. The van der Waals surface area contributed by atoms with E-state index in [0.717, 1.165) is 30.3 Å². The van der Waals surface area contributed by atoms with Crippen LogP contribution in [-0.2, 0) is 0 Å². The molecule has 0 heterocycles. The molecule has 21 heavy (non-hydrogen) atoms. The molecule has 2 heteroatoms. The first-order chi connectivity index (χ1) is 9.98. The van der Waals surface area contributed by atoms with Gasteiger partial charge < -0.3 is 5.73 Å². The molecule has 124 valence electrons. The van der Waals surface area contributed by atoms with Gasteiger partial charge in [-0.1, -0.05) is 46.5 Å². The summed E-state index contributed by atoms with van der Waals surface area (Å²) in [5.41, 5.74) is 6.63.